The fourth-order valence-corrected chi connectivity index (χ4v) is 4.18. The molecule has 178 valence electrons. The third-order valence-corrected chi connectivity index (χ3v) is 6.67. The van der Waals surface area contributed by atoms with Gasteiger partial charge in [-0.1, -0.05) is 35.9 Å². The molecule has 0 saturated carbocycles. The second-order valence-electron chi connectivity index (χ2n) is 6.52. The summed E-state index contributed by atoms with van der Waals surface area (Å²) >= 11 is 0. The van der Waals surface area contributed by atoms with Crippen molar-refractivity contribution in [2.45, 2.75) is 16.7 Å². The molecule has 0 atom stereocenters. The minimum absolute atomic E-state index is 0.0914. The Morgan fingerprint density at radius 3 is 1.34 bits per heavy atom. The van der Waals surface area contributed by atoms with Crippen molar-refractivity contribution in [1.29, 1.82) is 0 Å². The van der Waals surface area contributed by atoms with Gasteiger partial charge in [-0.25, -0.2) is 0 Å². The van der Waals surface area contributed by atoms with Crippen molar-refractivity contribution in [3.05, 3.63) is 60.2 Å². The lowest BCUT2D eigenvalue weighted by molar-refractivity contribution is 0.00558. The van der Waals surface area contributed by atoms with Gasteiger partial charge >= 0.3 is 0 Å². The van der Waals surface area contributed by atoms with E-state index in [0.29, 0.717) is 13.2 Å². The number of hydrogen-bond donors (Lipinski definition) is 0. The number of hydrogen-bond acceptors (Lipinski definition) is 9. The van der Waals surface area contributed by atoms with E-state index in [0.717, 1.165) is 5.56 Å². The number of rotatable bonds is 16. The number of aryl methyl sites for hydroxylation is 1. The molecule has 0 radical (unpaired) electrons. The summed E-state index contributed by atoms with van der Waals surface area (Å²) in [6, 6.07) is 14.3. The van der Waals surface area contributed by atoms with Gasteiger partial charge in [0.25, 0.3) is 20.2 Å². The van der Waals surface area contributed by atoms with Gasteiger partial charge in [-0.05, 0) is 31.2 Å². The van der Waals surface area contributed by atoms with Crippen LogP contribution in [0.15, 0.2) is 64.4 Å². The molecule has 11 heteroatoms. The van der Waals surface area contributed by atoms with Crippen LogP contribution < -0.4 is 0 Å². The van der Waals surface area contributed by atoms with Crippen molar-refractivity contribution in [3.8, 4) is 0 Å². The lowest BCUT2D eigenvalue weighted by Crippen LogP contribution is -2.15. The molecule has 32 heavy (non-hydrogen) atoms. The summed E-state index contributed by atoms with van der Waals surface area (Å²) in [6.45, 7) is 3.04. The molecule has 2 aromatic rings. The van der Waals surface area contributed by atoms with Gasteiger partial charge in [-0.2, -0.15) is 16.8 Å². The highest BCUT2D eigenvalue weighted by Crippen LogP contribution is 2.13. The standard InChI is InChI=1S/C21H28O9S2/c1-19-7-9-21(10-8-19)32(24,25)30-18-16-28-14-12-26-11-13-27-15-17-29-31(22,23)20-5-3-2-4-6-20/h2-10H,11-18H2,1H3. The van der Waals surface area contributed by atoms with Gasteiger partial charge in [-0.3, -0.25) is 8.37 Å². The lowest BCUT2D eigenvalue weighted by Gasteiger charge is -2.08. The lowest BCUT2D eigenvalue weighted by atomic mass is 10.2. The quantitative estimate of drug-likeness (QED) is 0.259. The topological polar surface area (TPSA) is 114 Å². The molecule has 0 amide bonds. The van der Waals surface area contributed by atoms with E-state index < -0.39 is 20.2 Å². The van der Waals surface area contributed by atoms with Gasteiger partial charge in [0, 0.05) is 0 Å². The summed E-state index contributed by atoms with van der Waals surface area (Å²) in [5, 5.41) is 0. The first kappa shape index (κ1) is 26.4. The second kappa shape index (κ2) is 13.6. The Bertz CT molecular complexity index is 989. The van der Waals surface area contributed by atoms with Crippen LogP contribution in [-0.2, 0) is 42.8 Å². The summed E-state index contributed by atoms with van der Waals surface area (Å²) in [5.41, 5.74) is 0.960. The van der Waals surface area contributed by atoms with Gasteiger partial charge in [0.05, 0.1) is 62.6 Å². The first-order valence-electron chi connectivity index (χ1n) is 9.95. The van der Waals surface area contributed by atoms with Gasteiger partial charge in [0.2, 0.25) is 0 Å². The van der Waals surface area contributed by atoms with Crippen molar-refractivity contribution in [1.82, 2.24) is 0 Å². The Morgan fingerprint density at radius 1 is 0.531 bits per heavy atom. The Balaban J connectivity index is 1.43. The third kappa shape index (κ3) is 9.74. The normalized spacial score (nSPS) is 12.2. The van der Waals surface area contributed by atoms with E-state index in [1.54, 1.807) is 30.3 Å². The second-order valence-corrected chi connectivity index (χ2v) is 9.75. The summed E-state index contributed by atoms with van der Waals surface area (Å²) < 4.78 is 73.4. The highest BCUT2D eigenvalue weighted by Gasteiger charge is 2.15. The molecular weight excluding hydrogens is 460 g/mol. The molecule has 0 aromatic heterocycles. The molecule has 9 nitrogen and oxygen atoms in total. The predicted octanol–water partition coefficient (Wildman–Crippen LogP) is 2.16. The molecule has 0 aliphatic heterocycles. The van der Waals surface area contributed by atoms with Crippen molar-refractivity contribution in [2.75, 3.05) is 52.9 Å². The van der Waals surface area contributed by atoms with Crippen molar-refractivity contribution < 1.29 is 39.4 Å². The summed E-state index contributed by atoms with van der Waals surface area (Å²) in [4.78, 5) is 0.205. The molecule has 0 aliphatic rings. The van der Waals surface area contributed by atoms with Crippen LogP contribution in [0.3, 0.4) is 0 Å². The maximum atomic E-state index is 12.0. The highest BCUT2D eigenvalue weighted by molar-refractivity contribution is 7.87. The Morgan fingerprint density at radius 2 is 0.906 bits per heavy atom. The largest absolute Gasteiger partial charge is 0.377 e. The van der Waals surface area contributed by atoms with Crippen LogP contribution >= 0.6 is 0 Å². The molecule has 0 bridgehead atoms. The average Bonchev–Trinajstić information content (AvgIpc) is 2.78. The zero-order valence-corrected chi connectivity index (χ0v) is 19.5. The predicted molar refractivity (Wildman–Crippen MR) is 116 cm³/mol. The van der Waals surface area contributed by atoms with Crippen LogP contribution in [0.5, 0.6) is 0 Å². The minimum atomic E-state index is -3.79. The highest BCUT2D eigenvalue weighted by atomic mass is 32.2. The van der Waals surface area contributed by atoms with E-state index in [2.05, 4.69) is 0 Å². The van der Waals surface area contributed by atoms with Crippen LogP contribution in [0.4, 0.5) is 0 Å². The van der Waals surface area contributed by atoms with Crippen molar-refractivity contribution in [2.24, 2.45) is 0 Å². The molecular formula is C21H28O9S2. The molecule has 0 unspecified atom stereocenters. The van der Waals surface area contributed by atoms with Crippen LogP contribution in [0.25, 0.3) is 0 Å². The zero-order valence-electron chi connectivity index (χ0n) is 17.8. The minimum Gasteiger partial charge on any atom is -0.377 e. The van der Waals surface area contributed by atoms with Gasteiger partial charge in [-0.15, -0.1) is 0 Å². The molecule has 0 aliphatic carbocycles. The first-order chi connectivity index (χ1) is 15.3. The molecule has 2 rings (SSSR count). The molecule has 2 aromatic carbocycles. The van der Waals surface area contributed by atoms with Crippen LogP contribution in [-0.4, -0.2) is 69.7 Å². The first-order valence-corrected chi connectivity index (χ1v) is 12.8. The smallest absolute Gasteiger partial charge is 0.297 e. The SMILES string of the molecule is Cc1ccc(S(=O)(=O)OCCOCCOCCOCCOS(=O)(=O)c2ccccc2)cc1. The van der Waals surface area contributed by atoms with E-state index in [9.17, 15) is 16.8 Å². The zero-order chi connectivity index (χ0) is 23.3. The maximum absolute atomic E-state index is 12.0. The third-order valence-electron chi connectivity index (χ3n) is 4.02. The summed E-state index contributed by atoms with van der Waals surface area (Å²) in [6.07, 6.45) is 0. The van der Waals surface area contributed by atoms with Gasteiger partial charge in [0.15, 0.2) is 0 Å². The van der Waals surface area contributed by atoms with E-state index in [1.165, 1.54) is 24.3 Å². The Labute approximate surface area is 189 Å². The Hall–Kier alpha value is -1.86. The van der Waals surface area contributed by atoms with E-state index in [4.69, 9.17) is 22.6 Å². The molecule has 0 spiro atoms. The maximum Gasteiger partial charge on any atom is 0.297 e. The molecule has 0 N–H and O–H groups in total. The molecule has 0 fully saturated rings. The van der Waals surface area contributed by atoms with E-state index in [1.807, 2.05) is 6.92 Å². The fraction of sp³-hybridized carbons (Fsp3) is 0.429. The van der Waals surface area contributed by atoms with Crippen molar-refractivity contribution >= 4 is 20.2 Å². The van der Waals surface area contributed by atoms with Crippen molar-refractivity contribution in [3.63, 3.8) is 0 Å². The van der Waals surface area contributed by atoms with Crippen LogP contribution in [0, 0.1) is 6.92 Å². The molecule has 0 saturated heterocycles. The summed E-state index contributed by atoms with van der Waals surface area (Å²) in [7, 11) is -7.57. The van der Waals surface area contributed by atoms with E-state index >= 15 is 0 Å². The number of ether oxygens (including phenoxy) is 3. The monoisotopic (exact) mass is 488 g/mol. The fourth-order valence-electron chi connectivity index (χ4n) is 2.38. The van der Waals surface area contributed by atoms with Crippen LogP contribution in [0.2, 0.25) is 0 Å². The van der Waals surface area contributed by atoms with Gasteiger partial charge in [0.1, 0.15) is 0 Å². The van der Waals surface area contributed by atoms with Crippen LogP contribution in [0.1, 0.15) is 5.56 Å². The average molecular weight is 489 g/mol. The van der Waals surface area contributed by atoms with E-state index in [-0.39, 0.29) is 49.4 Å². The molecule has 0 heterocycles. The Kier molecular flexibility index (Phi) is 11.2. The number of benzene rings is 2. The summed E-state index contributed by atoms with van der Waals surface area (Å²) in [5.74, 6) is 0. The van der Waals surface area contributed by atoms with Gasteiger partial charge < -0.3 is 14.2 Å².